The first-order valence-corrected chi connectivity index (χ1v) is 11.4. The van der Waals surface area contributed by atoms with Gasteiger partial charge in [0, 0.05) is 31.1 Å². The molecule has 0 N–H and O–H groups in total. The Kier molecular flexibility index (Phi) is 6.79. The molecule has 0 bridgehead atoms. The molecule has 7 nitrogen and oxygen atoms in total. The number of amides is 1. The van der Waals surface area contributed by atoms with Gasteiger partial charge in [-0.3, -0.25) is 4.79 Å². The van der Waals surface area contributed by atoms with Gasteiger partial charge in [0.05, 0.1) is 29.4 Å². The molecule has 0 radical (unpaired) electrons. The quantitative estimate of drug-likeness (QED) is 0.653. The maximum absolute atomic E-state index is 12.9. The molecule has 2 aromatic carbocycles. The van der Waals surface area contributed by atoms with Crippen LogP contribution < -0.4 is 4.74 Å². The van der Waals surface area contributed by atoms with Crippen molar-refractivity contribution in [2.24, 2.45) is 0 Å². The lowest BCUT2D eigenvalue weighted by atomic mass is 10.2. The fourth-order valence-electron chi connectivity index (χ4n) is 3.08. The van der Waals surface area contributed by atoms with E-state index in [0.29, 0.717) is 24.4 Å². The number of carbonyl (C=O) groups excluding carboxylic acids is 1. The Labute approximate surface area is 174 Å². The fraction of sp³-hybridized carbons (Fsp3) is 0.300. The van der Waals surface area contributed by atoms with Gasteiger partial charge in [0.25, 0.3) is 5.91 Å². The summed E-state index contributed by atoms with van der Waals surface area (Å²) in [5, 5.41) is 8.80. The average Bonchev–Trinajstić information content (AvgIpc) is 2.77. The van der Waals surface area contributed by atoms with Crippen LogP contribution in [0.2, 0.25) is 0 Å². The van der Waals surface area contributed by atoms with Crippen LogP contribution in [0.25, 0.3) is 0 Å². The highest BCUT2D eigenvalue weighted by molar-refractivity contribution is 7.99. The maximum atomic E-state index is 12.9. The van der Waals surface area contributed by atoms with Crippen LogP contribution in [-0.4, -0.2) is 62.6 Å². The summed E-state index contributed by atoms with van der Waals surface area (Å²) in [6.07, 6.45) is 0. The second-order valence-electron chi connectivity index (χ2n) is 6.31. The van der Waals surface area contributed by atoms with E-state index in [4.69, 9.17) is 10.00 Å². The van der Waals surface area contributed by atoms with Gasteiger partial charge in [-0.2, -0.15) is 9.57 Å². The smallest absolute Gasteiger partial charge is 0.255 e. The number of hydrogen-bond donors (Lipinski definition) is 0. The van der Waals surface area contributed by atoms with E-state index in [9.17, 15) is 13.2 Å². The topological polar surface area (TPSA) is 90.7 Å². The molecular weight excluding hydrogens is 410 g/mol. The first-order valence-electron chi connectivity index (χ1n) is 8.99. The zero-order chi connectivity index (χ0) is 20.9. The summed E-state index contributed by atoms with van der Waals surface area (Å²) >= 11 is 1.32. The molecule has 0 aromatic heterocycles. The monoisotopic (exact) mass is 431 g/mol. The van der Waals surface area contributed by atoms with Crippen LogP contribution in [0, 0.1) is 11.3 Å². The molecule has 1 aliphatic heterocycles. The van der Waals surface area contributed by atoms with Crippen molar-refractivity contribution >= 4 is 27.7 Å². The molecule has 1 aliphatic rings. The van der Waals surface area contributed by atoms with E-state index in [1.54, 1.807) is 29.2 Å². The third kappa shape index (κ3) is 4.72. The molecule has 0 saturated carbocycles. The van der Waals surface area contributed by atoms with Crippen LogP contribution in [0.15, 0.2) is 58.3 Å². The molecule has 3 rings (SSSR count). The number of piperazine rings is 1. The summed E-state index contributed by atoms with van der Waals surface area (Å²) in [7, 11) is -2.10. The van der Waals surface area contributed by atoms with Crippen molar-refractivity contribution in [1.29, 1.82) is 5.26 Å². The summed E-state index contributed by atoms with van der Waals surface area (Å²) in [5.41, 5.74) is 0.541. The van der Waals surface area contributed by atoms with E-state index in [0.717, 1.165) is 4.90 Å². The SMILES string of the molecule is COc1ccc(S(=O)(=O)N2CCN(C(=O)c3ccccc3SCC#N)CC2)cc1. The number of nitrogens with zero attached hydrogens (tertiary/aromatic N) is 3. The van der Waals surface area contributed by atoms with E-state index in [2.05, 4.69) is 6.07 Å². The van der Waals surface area contributed by atoms with Gasteiger partial charge in [0.1, 0.15) is 5.75 Å². The highest BCUT2D eigenvalue weighted by atomic mass is 32.2. The number of methoxy groups -OCH3 is 1. The van der Waals surface area contributed by atoms with Crippen LogP contribution in [0.3, 0.4) is 0 Å². The number of carbonyl (C=O) groups is 1. The van der Waals surface area contributed by atoms with Gasteiger partial charge in [-0.05, 0) is 36.4 Å². The van der Waals surface area contributed by atoms with Gasteiger partial charge < -0.3 is 9.64 Å². The molecule has 152 valence electrons. The minimum absolute atomic E-state index is 0.146. The van der Waals surface area contributed by atoms with Gasteiger partial charge in [-0.15, -0.1) is 11.8 Å². The normalized spacial score (nSPS) is 15.0. The molecule has 1 heterocycles. The molecule has 0 spiro atoms. The van der Waals surface area contributed by atoms with Crippen molar-refractivity contribution in [3.8, 4) is 11.8 Å². The third-order valence-electron chi connectivity index (χ3n) is 4.63. The largest absolute Gasteiger partial charge is 0.497 e. The van der Waals surface area contributed by atoms with Crippen LogP contribution >= 0.6 is 11.8 Å². The van der Waals surface area contributed by atoms with Crippen LogP contribution in [0.1, 0.15) is 10.4 Å². The molecule has 2 aromatic rings. The van der Waals surface area contributed by atoms with Crippen molar-refractivity contribution in [1.82, 2.24) is 9.21 Å². The molecule has 1 fully saturated rings. The van der Waals surface area contributed by atoms with Crippen LogP contribution in [0.4, 0.5) is 0 Å². The van der Waals surface area contributed by atoms with Crippen LogP contribution in [0.5, 0.6) is 5.75 Å². The van der Waals surface area contributed by atoms with Gasteiger partial charge in [-0.1, -0.05) is 12.1 Å². The zero-order valence-electron chi connectivity index (χ0n) is 15.9. The fourth-order valence-corrected chi connectivity index (χ4v) is 5.21. The number of sulfonamides is 1. The predicted octanol–water partition coefficient (Wildman–Crippen LogP) is 2.46. The summed E-state index contributed by atoms with van der Waals surface area (Å²) in [6, 6.07) is 15.5. The summed E-state index contributed by atoms with van der Waals surface area (Å²) in [4.78, 5) is 15.5. The van der Waals surface area contributed by atoms with Crippen molar-refractivity contribution in [3.63, 3.8) is 0 Å². The van der Waals surface area contributed by atoms with E-state index in [1.807, 2.05) is 12.1 Å². The molecule has 29 heavy (non-hydrogen) atoms. The molecular formula is C20H21N3O4S2. The molecule has 0 atom stereocenters. The minimum Gasteiger partial charge on any atom is -0.497 e. The molecule has 0 unspecified atom stereocenters. The van der Waals surface area contributed by atoms with Crippen molar-refractivity contribution < 1.29 is 17.9 Å². The summed E-state index contributed by atoms with van der Waals surface area (Å²) in [6.45, 7) is 1.08. The van der Waals surface area contributed by atoms with Crippen LogP contribution in [-0.2, 0) is 10.0 Å². The molecule has 9 heteroatoms. The Morgan fingerprint density at radius 3 is 2.38 bits per heavy atom. The lowest BCUT2D eigenvalue weighted by Gasteiger charge is -2.34. The van der Waals surface area contributed by atoms with Crippen molar-refractivity contribution in [3.05, 3.63) is 54.1 Å². The highest BCUT2D eigenvalue weighted by Crippen LogP contribution is 2.25. The number of thioether (sulfide) groups is 1. The Bertz CT molecular complexity index is 1010. The molecule has 0 aliphatic carbocycles. The average molecular weight is 432 g/mol. The number of benzene rings is 2. The lowest BCUT2D eigenvalue weighted by molar-refractivity contribution is 0.0694. The Morgan fingerprint density at radius 2 is 1.76 bits per heavy atom. The van der Waals surface area contributed by atoms with Crippen molar-refractivity contribution in [2.75, 3.05) is 39.0 Å². The standard InChI is InChI=1S/C20H21N3O4S2/c1-27-16-6-8-17(9-7-16)29(25,26)23-13-11-22(12-14-23)20(24)18-4-2-3-5-19(18)28-15-10-21/h2-9H,11-15H2,1H3. The van der Waals surface area contributed by atoms with Gasteiger partial charge >= 0.3 is 0 Å². The first kappa shape index (κ1) is 21.2. The van der Waals surface area contributed by atoms with E-state index >= 15 is 0 Å². The second-order valence-corrected chi connectivity index (χ2v) is 9.27. The maximum Gasteiger partial charge on any atom is 0.255 e. The van der Waals surface area contributed by atoms with E-state index in [1.165, 1.54) is 35.3 Å². The van der Waals surface area contributed by atoms with Gasteiger partial charge in [0.15, 0.2) is 0 Å². The van der Waals surface area contributed by atoms with Gasteiger partial charge in [-0.25, -0.2) is 8.42 Å². The van der Waals surface area contributed by atoms with Gasteiger partial charge in [0.2, 0.25) is 10.0 Å². The second kappa shape index (κ2) is 9.31. The number of hydrogen-bond acceptors (Lipinski definition) is 6. The van der Waals surface area contributed by atoms with Crippen molar-refractivity contribution in [2.45, 2.75) is 9.79 Å². The summed E-state index contributed by atoms with van der Waals surface area (Å²) < 4.78 is 32.2. The third-order valence-corrected chi connectivity index (χ3v) is 7.49. The molecule has 1 amide bonds. The minimum atomic E-state index is -3.62. The Morgan fingerprint density at radius 1 is 1.10 bits per heavy atom. The Hall–Kier alpha value is -2.54. The predicted molar refractivity (Wildman–Crippen MR) is 110 cm³/mol. The number of ether oxygens (including phenoxy) is 1. The zero-order valence-corrected chi connectivity index (χ0v) is 17.6. The molecule has 1 saturated heterocycles. The first-order chi connectivity index (χ1) is 14.0. The summed E-state index contributed by atoms with van der Waals surface area (Å²) in [5.74, 6) is 0.706. The number of rotatable bonds is 6. The highest BCUT2D eigenvalue weighted by Gasteiger charge is 2.31. The van der Waals surface area contributed by atoms with E-state index < -0.39 is 10.0 Å². The Balaban J connectivity index is 1.69. The lowest BCUT2D eigenvalue weighted by Crippen LogP contribution is -2.50. The number of nitriles is 1. The van der Waals surface area contributed by atoms with E-state index in [-0.39, 0.29) is 29.6 Å².